The number of aryl methyl sites for hydroxylation is 1. The van der Waals surface area contributed by atoms with Crippen LogP contribution in [-0.2, 0) is 4.79 Å². The smallest absolute Gasteiger partial charge is 0.247 e. The molecule has 2 aromatic heterocycles. The van der Waals surface area contributed by atoms with E-state index in [2.05, 4.69) is 32.1 Å². The van der Waals surface area contributed by atoms with Gasteiger partial charge in [-0.15, -0.1) is 0 Å². The van der Waals surface area contributed by atoms with Crippen LogP contribution in [0.25, 0.3) is 11.4 Å². The summed E-state index contributed by atoms with van der Waals surface area (Å²) in [7, 11) is 0. The second kappa shape index (κ2) is 7.95. The number of hydrogen-bond acceptors (Lipinski definition) is 5. The normalized spacial score (nSPS) is 18.7. The Morgan fingerprint density at radius 3 is 2.66 bits per heavy atom. The number of anilines is 2. The van der Waals surface area contributed by atoms with Crippen LogP contribution in [0.4, 0.5) is 15.9 Å². The van der Waals surface area contributed by atoms with Crippen molar-refractivity contribution in [2.75, 3.05) is 10.2 Å². The third-order valence-corrected chi connectivity index (χ3v) is 5.25. The Hall–Kier alpha value is -3.35. The van der Waals surface area contributed by atoms with E-state index < -0.39 is 5.82 Å². The number of benzene rings is 1. The zero-order chi connectivity index (χ0) is 20.4. The fourth-order valence-electron chi connectivity index (χ4n) is 3.75. The highest BCUT2D eigenvalue weighted by molar-refractivity contribution is 5.97. The molecule has 29 heavy (non-hydrogen) atoms. The van der Waals surface area contributed by atoms with Gasteiger partial charge in [-0.25, -0.2) is 19.3 Å². The molecule has 1 aliphatic heterocycles. The van der Waals surface area contributed by atoms with E-state index in [-0.39, 0.29) is 18.0 Å². The van der Waals surface area contributed by atoms with Gasteiger partial charge in [-0.3, -0.25) is 4.79 Å². The summed E-state index contributed by atoms with van der Waals surface area (Å²) >= 11 is 0. The minimum absolute atomic E-state index is 0.0742. The number of nitrogens with zero attached hydrogens (tertiary/aromatic N) is 4. The lowest BCUT2D eigenvalue weighted by atomic mass is 10.1. The van der Waals surface area contributed by atoms with Crippen LogP contribution in [0.5, 0.6) is 0 Å². The lowest BCUT2D eigenvalue weighted by molar-refractivity contribution is -0.117. The number of carbonyl (C=O) groups is 1. The summed E-state index contributed by atoms with van der Waals surface area (Å²) < 4.78 is 13.1. The molecule has 0 aliphatic carbocycles. The minimum atomic E-state index is -0.485. The number of halogens is 1. The molecule has 1 aliphatic rings. The first-order valence-corrected chi connectivity index (χ1v) is 9.62. The van der Waals surface area contributed by atoms with Crippen LogP contribution in [0.2, 0.25) is 0 Å². The molecule has 0 radical (unpaired) electrons. The average Bonchev–Trinajstić information content (AvgIpc) is 3.12. The first-order chi connectivity index (χ1) is 14.0. The third kappa shape index (κ3) is 3.94. The van der Waals surface area contributed by atoms with Gasteiger partial charge in [-0.2, -0.15) is 0 Å². The molecule has 0 bridgehead atoms. The molecule has 0 unspecified atom stereocenters. The number of hydrogen-bond donors (Lipinski definition) is 1. The first kappa shape index (κ1) is 19.0. The highest BCUT2D eigenvalue weighted by atomic mass is 19.1. The van der Waals surface area contributed by atoms with Gasteiger partial charge >= 0.3 is 0 Å². The molecule has 1 fully saturated rings. The van der Waals surface area contributed by atoms with E-state index in [0.29, 0.717) is 11.5 Å². The third-order valence-electron chi connectivity index (χ3n) is 5.25. The SMILES string of the molecule is Cc1ccc(NC(=O)[C@H]2CC[C@H](C)N2c2ccccn2)cc1-c1ncc(F)cn1. The Balaban J connectivity index is 1.57. The first-order valence-electron chi connectivity index (χ1n) is 9.62. The Bertz CT molecular complexity index is 1010. The molecule has 6 nitrogen and oxygen atoms in total. The molecule has 1 N–H and O–H groups in total. The predicted molar refractivity (Wildman–Crippen MR) is 110 cm³/mol. The maximum atomic E-state index is 13.1. The molecular weight excluding hydrogens is 369 g/mol. The van der Waals surface area contributed by atoms with Crippen molar-refractivity contribution in [3.8, 4) is 11.4 Å². The van der Waals surface area contributed by atoms with Crippen LogP contribution in [0, 0.1) is 12.7 Å². The lowest BCUT2D eigenvalue weighted by Crippen LogP contribution is -2.43. The second-order valence-electron chi connectivity index (χ2n) is 7.28. The van der Waals surface area contributed by atoms with Crippen molar-refractivity contribution in [2.45, 2.75) is 38.8 Å². The highest BCUT2D eigenvalue weighted by Gasteiger charge is 2.36. The molecular formula is C22H22FN5O. The summed E-state index contributed by atoms with van der Waals surface area (Å²) in [6.07, 6.45) is 5.71. The van der Waals surface area contributed by atoms with Crippen LogP contribution in [0.3, 0.4) is 0 Å². The van der Waals surface area contributed by atoms with Crippen molar-refractivity contribution in [2.24, 2.45) is 0 Å². The minimum Gasteiger partial charge on any atom is -0.342 e. The van der Waals surface area contributed by atoms with Gasteiger partial charge in [0.05, 0.1) is 12.4 Å². The molecule has 4 rings (SSSR count). The standard InChI is InChI=1S/C22H22FN5O/c1-14-6-8-17(11-18(14)21-25-12-16(23)13-26-21)27-22(29)19-9-7-15(2)28(19)20-5-3-4-10-24-20/h3-6,8,10-13,15,19H,7,9H2,1-2H3,(H,27,29)/t15-,19+/m0/s1. The van der Waals surface area contributed by atoms with Gasteiger partial charge in [0.25, 0.3) is 0 Å². The molecule has 1 saturated heterocycles. The van der Waals surface area contributed by atoms with Gasteiger partial charge in [0, 0.05) is 23.5 Å². The molecule has 7 heteroatoms. The average molecular weight is 391 g/mol. The van der Waals surface area contributed by atoms with E-state index in [0.717, 1.165) is 42.2 Å². The molecule has 1 amide bonds. The van der Waals surface area contributed by atoms with Crippen molar-refractivity contribution in [3.05, 3.63) is 66.4 Å². The maximum Gasteiger partial charge on any atom is 0.247 e. The van der Waals surface area contributed by atoms with Crippen LogP contribution < -0.4 is 10.2 Å². The Morgan fingerprint density at radius 1 is 1.14 bits per heavy atom. The zero-order valence-corrected chi connectivity index (χ0v) is 16.3. The number of amides is 1. The van der Waals surface area contributed by atoms with E-state index >= 15 is 0 Å². The fourth-order valence-corrected chi connectivity index (χ4v) is 3.75. The zero-order valence-electron chi connectivity index (χ0n) is 16.3. The quantitative estimate of drug-likeness (QED) is 0.728. The van der Waals surface area contributed by atoms with Crippen molar-refractivity contribution in [1.29, 1.82) is 0 Å². The fraction of sp³-hybridized carbons (Fsp3) is 0.273. The van der Waals surface area contributed by atoms with Crippen LogP contribution in [0.15, 0.2) is 55.0 Å². The van der Waals surface area contributed by atoms with Gasteiger partial charge in [-0.05, 0) is 56.5 Å². The van der Waals surface area contributed by atoms with E-state index in [1.54, 1.807) is 6.20 Å². The van der Waals surface area contributed by atoms with Crippen LogP contribution in [0.1, 0.15) is 25.3 Å². The van der Waals surface area contributed by atoms with E-state index in [9.17, 15) is 9.18 Å². The maximum absolute atomic E-state index is 13.1. The molecule has 3 heterocycles. The molecule has 0 saturated carbocycles. The topological polar surface area (TPSA) is 71.0 Å². The number of rotatable bonds is 4. The Labute approximate surface area is 168 Å². The van der Waals surface area contributed by atoms with E-state index in [4.69, 9.17) is 0 Å². The molecule has 2 atom stereocenters. The summed E-state index contributed by atoms with van der Waals surface area (Å²) in [6.45, 7) is 4.03. The second-order valence-corrected chi connectivity index (χ2v) is 7.28. The molecule has 148 valence electrons. The van der Waals surface area contributed by atoms with Crippen LogP contribution in [-0.4, -0.2) is 32.9 Å². The van der Waals surface area contributed by atoms with Crippen LogP contribution >= 0.6 is 0 Å². The molecule has 0 spiro atoms. The van der Waals surface area contributed by atoms with E-state index in [1.807, 2.05) is 43.3 Å². The molecule has 1 aromatic carbocycles. The summed E-state index contributed by atoms with van der Waals surface area (Å²) in [5, 5.41) is 3.01. The van der Waals surface area contributed by atoms with Gasteiger partial charge in [-0.1, -0.05) is 12.1 Å². The van der Waals surface area contributed by atoms with Gasteiger partial charge in [0.2, 0.25) is 5.91 Å². The lowest BCUT2D eigenvalue weighted by Gasteiger charge is -2.28. The number of carbonyl (C=O) groups excluding carboxylic acids is 1. The van der Waals surface area contributed by atoms with Crippen molar-refractivity contribution >= 4 is 17.4 Å². The Morgan fingerprint density at radius 2 is 1.93 bits per heavy atom. The van der Waals surface area contributed by atoms with Crippen molar-refractivity contribution < 1.29 is 9.18 Å². The van der Waals surface area contributed by atoms with Crippen molar-refractivity contribution in [3.63, 3.8) is 0 Å². The van der Waals surface area contributed by atoms with Crippen molar-refractivity contribution in [1.82, 2.24) is 15.0 Å². The largest absolute Gasteiger partial charge is 0.342 e. The summed E-state index contributed by atoms with van der Waals surface area (Å²) in [5.41, 5.74) is 2.35. The number of nitrogens with one attached hydrogen (secondary N) is 1. The number of aromatic nitrogens is 3. The monoisotopic (exact) mass is 391 g/mol. The molecule has 3 aromatic rings. The predicted octanol–water partition coefficient (Wildman–Crippen LogP) is 3.98. The highest BCUT2D eigenvalue weighted by Crippen LogP contribution is 2.30. The van der Waals surface area contributed by atoms with Gasteiger partial charge < -0.3 is 10.2 Å². The summed E-state index contributed by atoms with van der Waals surface area (Å²) in [4.78, 5) is 27.7. The van der Waals surface area contributed by atoms with Gasteiger partial charge in [0.1, 0.15) is 11.9 Å². The number of pyridine rings is 1. The summed E-state index contributed by atoms with van der Waals surface area (Å²) in [5.74, 6) is 0.669. The summed E-state index contributed by atoms with van der Waals surface area (Å²) in [6, 6.07) is 11.2. The van der Waals surface area contributed by atoms with Gasteiger partial charge in [0.15, 0.2) is 11.6 Å². The Kier molecular flexibility index (Phi) is 5.20. The van der Waals surface area contributed by atoms with E-state index in [1.165, 1.54) is 0 Å².